The van der Waals surface area contributed by atoms with Gasteiger partial charge >= 0.3 is 29.8 Å². The van der Waals surface area contributed by atoms with Gasteiger partial charge in [0, 0.05) is 38.0 Å². The van der Waals surface area contributed by atoms with E-state index in [1.54, 1.807) is 6.92 Å². The standard InChI is InChI=1S/C14H26O4.2C12H25NO.3C12H24O2.C11H22O2.C10H22O/c1-10(14(5,6)7)12(16)17-8-11(15)18-9-13(2,3)4;2*1-11(2,3)7-8-13-10(14)9-12(4,5)6;1-9(12(5,6)7)10(13)14-8-11(2,3)4;2*1-11(2,3)7-8-14-10(13)9-12(4,5)6;1-10(2,3)8-13-7-9(12)11(4,5)6;1-9(2,3)7-8-11-10(4,5)6/h10H,8-9H2,1-7H3;2*7-9H2,1-6H3,(H,13,14);9H,8H2,1-7H3;2*7-9H2,1-6H3;7-8H2,1-6H3;7-8H2,1-6H3. The van der Waals surface area contributed by atoms with Gasteiger partial charge in [-0.2, -0.15) is 0 Å². The molecule has 0 aliphatic heterocycles. The van der Waals surface area contributed by atoms with Gasteiger partial charge in [-0.3, -0.25) is 33.6 Å². The van der Waals surface area contributed by atoms with E-state index < -0.39 is 5.97 Å². The van der Waals surface area contributed by atoms with Gasteiger partial charge in [0.1, 0.15) is 6.61 Å². The first-order valence-corrected chi connectivity index (χ1v) is 41.8. The summed E-state index contributed by atoms with van der Waals surface area (Å²) in [4.78, 5) is 91.6. The van der Waals surface area contributed by atoms with Gasteiger partial charge in [-0.05, 0) is 129 Å². The van der Waals surface area contributed by atoms with Crippen molar-refractivity contribution in [1.29, 1.82) is 0 Å². The summed E-state index contributed by atoms with van der Waals surface area (Å²) in [7, 11) is 0. The van der Waals surface area contributed by atoms with Crippen LogP contribution in [0.1, 0.15) is 404 Å². The second-order valence-electron chi connectivity index (χ2n) is 49.5. The predicted molar refractivity (Wildman–Crippen MR) is 474 cm³/mol. The number of Topliss-reactive ketones (excluding diaryl/α,β-unsaturated/α-hetero) is 1. The first kappa shape index (κ1) is 124. The number of carbonyl (C=O) groups excluding carboxylic acids is 8. The minimum Gasteiger partial charge on any atom is -0.466 e. The van der Waals surface area contributed by atoms with Crippen molar-refractivity contribution in [3.8, 4) is 0 Å². The molecule has 672 valence electrons. The van der Waals surface area contributed by atoms with Gasteiger partial charge in [-0.1, -0.05) is 325 Å². The fourth-order valence-electron chi connectivity index (χ4n) is 7.20. The summed E-state index contributed by atoms with van der Waals surface area (Å²) >= 11 is 0. The Hall–Kier alpha value is -4.12. The van der Waals surface area contributed by atoms with Crippen molar-refractivity contribution in [3.63, 3.8) is 0 Å². The fraction of sp³-hybridized carbons (Fsp3) is 0.916. The number of amides is 2. The zero-order chi connectivity index (χ0) is 91.6. The molecule has 17 heteroatoms. The molecule has 0 saturated heterocycles. The maximum atomic E-state index is 11.7. The van der Waals surface area contributed by atoms with Crippen LogP contribution >= 0.6 is 0 Å². The molecule has 0 saturated carbocycles. The van der Waals surface area contributed by atoms with E-state index in [2.05, 4.69) is 239 Å². The summed E-state index contributed by atoms with van der Waals surface area (Å²) in [5.41, 5.74) is 1.35. The molecule has 0 fully saturated rings. The summed E-state index contributed by atoms with van der Waals surface area (Å²) in [5.74, 6) is -0.927. The van der Waals surface area contributed by atoms with Crippen molar-refractivity contribution in [2.24, 2.45) is 93.1 Å². The van der Waals surface area contributed by atoms with Crippen molar-refractivity contribution in [1.82, 2.24) is 10.6 Å². The maximum Gasteiger partial charge on any atom is 0.344 e. The molecule has 0 radical (unpaired) electrons. The summed E-state index contributed by atoms with van der Waals surface area (Å²) in [6.07, 6.45) is 7.24. The smallest absolute Gasteiger partial charge is 0.344 e. The molecule has 2 unspecified atom stereocenters. The number of esters is 5. The van der Waals surface area contributed by atoms with Crippen LogP contribution in [0.4, 0.5) is 0 Å². The lowest BCUT2D eigenvalue weighted by atomic mass is 9.82. The lowest BCUT2D eigenvalue weighted by Gasteiger charge is -2.27. The molecule has 2 atom stereocenters. The van der Waals surface area contributed by atoms with Crippen LogP contribution in [0.25, 0.3) is 0 Å². The number of hydrogen-bond acceptors (Lipinski definition) is 15. The number of hydrogen-bond donors (Lipinski definition) is 2. The SMILES string of the molecule is CC(C(=O)OCC(=O)OCC(C)(C)C)C(C)(C)C.CC(C(=O)OCC(C)(C)C)C(C)(C)C.CC(C)(C)CCNC(=O)CC(C)(C)C.CC(C)(C)CCNC(=O)CC(C)(C)C.CC(C)(C)CCOC(=O)CC(C)(C)C.CC(C)(C)CCOC(=O)CC(C)(C)C.CC(C)(C)CCOC(C)(C)C.CC(C)(C)COCC(=O)C(C)(C)C. The van der Waals surface area contributed by atoms with E-state index >= 15 is 0 Å². The lowest BCUT2D eigenvalue weighted by molar-refractivity contribution is -0.164. The summed E-state index contributed by atoms with van der Waals surface area (Å²) in [6.45, 7) is 108. The minimum atomic E-state index is -0.501. The predicted octanol–water partition coefficient (Wildman–Crippen LogP) is 24.7. The molecule has 0 aromatic heterocycles. The van der Waals surface area contributed by atoms with Crippen LogP contribution in [-0.2, 0) is 71.5 Å². The minimum absolute atomic E-state index is 0.0189. The van der Waals surface area contributed by atoms with Gasteiger partial charge in [-0.25, -0.2) is 4.79 Å². The monoisotopic (exact) mass is 1600 g/mol. The van der Waals surface area contributed by atoms with E-state index in [0.717, 1.165) is 51.8 Å². The molecular weight excluding hydrogens is 1410 g/mol. The molecule has 0 aliphatic carbocycles. The third-order valence-electron chi connectivity index (χ3n) is 15.3. The van der Waals surface area contributed by atoms with Crippen LogP contribution in [0, 0.1) is 93.1 Å². The van der Waals surface area contributed by atoms with Gasteiger partial charge in [-0.15, -0.1) is 0 Å². The summed E-state index contributed by atoms with van der Waals surface area (Å²) in [6, 6.07) is 0. The lowest BCUT2D eigenvalue weighted by Crippen LogP contribution is -2.30. The maximum absolute atomic E-state index is 11.7. The van der Waals surface area contributed by atoms with Gasteiger partial charge < -0.3 is 43.8 Å². The van der Waals surface area contributed by atoms with E-state index in [1.807, 2.05) is 111 Å². The largest absolute Gasteiger partial charge is 0.466 e. The molecule has 0 aromatic rings. The molecule has 0 spiro atoms. The van der Waals surface area contributed by atoms with E-state index in [-0.39, 0.29) is 137 Å². The van der Waals surface area contributed by atoms with Gasteiger partial charge in [0.2, 0.25) is 11.8 Å². The van der Waals surface area contributed by atoms with Crippen LogP contribution in [0.5, 0.6) is 0 Å². The Morgan fingerprint density at radius 1 is 0.268 bits per heavy atom. The van der Waals surface area contributed by atoms with E-state index in [1.165, 1.54) is 0 Å². The number of rotatable bonds is 23. The van der Waals surface area contributed by atoms with E-state index in [9.17, 15) is 38.4 Å². The highest BCUT2D eigenvalue weighted by atomic mass is 16.6. The summed E-state index contributed by atoms with van der Waals surface area (Å²) < 4.78 is 36.5. The zero-order valence-corrected chi connectivity index (χ0v) is 83.7. The van der Waals surface area contributed by atoms with Crippen molar-refractivity contribution < 1.29 is 71.5 Å². The van der Waals surface area contributed by atoms with Crippen molar-refractivity contribution in [3.05, 3.63) is 0 Å². The van der Waals surface area contributed by atoms with Crippen molar-refractivity contribution in [2.75, 3.05) is 65.9 Å². The Morgan fingerprint density at radius 2 is 0.536 bits per heavy atom. The van der Waals surface area contributed by atoms with Crippen molar-refractivity contribution >= 4 is 47.4 Å². The average molecular weight is 1600 g/mol. The highest BCUT2D eigenvalue weighted by Crippen LogP contribution is 2.30. The second-order valence-corrected chi connectivity index (χ2v) is 49.5. The normalized spacial score (nSPS) is 13.3. The molecule has 0 heterocycles. The van der Waals surface area contributed by atoms with Crippen LogP contribution in [0.15, 0.2) is 0 Å². The number of ketones is 1. The third-order valence-corrected chi connectivity index (χ3v) is 15.3. The number of ether oxygens (including phenoxy) is 7. The average Bonchev–Trinajstić information content (AvgIpc) is 0.880. The Balaban J connectivity index is -0.000000184. The van der Waals surface area contributed by atoms with Crippen LogP contribution < -0.4 is 10.6 Å². The van der Waals surface area contributed by atoms with E-state index in [4.69, 9.17) is 33.2 Å². The van der Waals surface area contributed by atoms with Crippen LogP contribution in [-0.4, -0.2) is 119 Å². The molecule has 17 nitrogen and oxygen atoms in total. The molecule has 0 aromatic carbocycles. The molecular formula is C95H192N2O15. The van der Waals surface area contributed by atoms with Crippen LogP contribution in [0.2, 0.25) is 0 Å². The zero-order valence-electron chi connectivity index (χ0n) is 83.7. The Kier molecular flexibility index (Phi) is 58.8. The Morgan fingerprint density at radius 3 is 0.777 bits per heavy atom. The highest BCUT2D eigenvalue weighted by molar-refractivity contribution is 5.84. The van der Waals surface area contributed by atoms with E-state index in [0.29, 0.717) is 75.0 Å². The number of carbonyl (C=O) groups is 8. The number of nitrogens with one attached hydrogen (secondary N) is 2. The molecule has 2 N–H and O–H groups in total. The Labute approximate surface area is 694 Å². The summed E-state index contributed by atoms with van der Waals surface area (Å²) in [5, 5.41) is 5.91. The second kappa shape index (κ2) is 53.3. The topological polar surface area (TPSA) is 225 Å². The molecule has 0 bridgehead atoms. The first-order valence-electron chi connectivity index (χ1n) is 41.8. The fourth-order valence-corrected chi connectivity index (χ4v) is 7.20. The van der Waals surface area contributed by atoms with Crippen molar-refractivity contribution in [2.45, 2.75) is 410 Å². The Bertz CT molecular complexity index is 2360. The van der Waals surface area contributed by atoms with Gasteiger partial charge in [0.15, 0.2) is 12.4 Å². The molecule has 0 rings (SSSR count). The quantitative estimate of drug-likeness (QED) is 0.0717. The van der Waals surface area contributed by atoms with Gasteiger partial charge in [0.25, 0.3) is 0 Å². The third kappa shape index (κ3) is 112. The first-order chi connectivity index (χ1) is 48.7. The molecule has 0 aliphatic rings. The molecule has 2 amide bonds. The molecule has 112 heavy (non-hydrogen) atoms. The van der Waals surface area contributed by atoms with Crippen LogP contribution in [0.3, 0.4) is 0 Å². The van der Waals surface area contributed by atoms with Gasteiger partial charge in [0.05, 0.1) is 63.3 Å². The highest BCUT2D eigenvalue weighted by Gasteiger charge is 2.31.